The van der Waals surface area contributed by atoms with Crippen LogP contribution >= 0.6 is 47.0 Å². The number of aromatic nitrogens is 2. The van der Waals surface area contributed by atoms with Crippen LogP contribution in [0.1, 0.15) is 17.8 Å². The Morgan fingerprint density at radius 2 is 0.963 bits per heavy atom. The molecule has 0 aromatic carbocycles. The zero-order chi connectivity index (χ0) is 18.8. The van der Waals surface area contributed by atoms with Gasteiger partial charge in [-0.15, -0.1) is 0 Å². The molecule has 6 heteroatoms. The van der Waals surface area contributed by atoms with Gasteiger partial charge in [-0.3, -0.25) is 9.97 Å². The summed E-state index contributed by atoms with van der Waals surface area (Å²) in [5, 5.41) is 0. The molecule has 0 N–H and O–H groups in total. The number of hydrogen-bond acceptors (Lipinski definition) is 6. The van der Waals surface area contributed by atoms with E-state index in [1.807, 2.05) is 24.5 Å². The SMILES string of the molecule is c1ccc(CCSCCSCCCSCCSCCc2ccccn2)nc1. The predicted molar refractivity (Wildman–Crippen MR) is 130 cm³/mol. The van der Waals surface area contributed by atoms with Crippen molar-refractivity contribution in [2.45, 2.75) is 19.3 Å². The van der Waals surface area contributed by atoms with Crippen LogP contribution in [-0.4, -0.2) is 56.0 Å². The van der Waals surface area contributed by atoms with E-state index in [9.17, 15) is 0 Å². The van der Waals surface area contributed by atoms with E-state index in [0.29, 0.717) is 0 Å². The molecule has 27 heavy (non-hydrogen) atoms. The molecule has 2 nitrogen and oxygen atoms in total. The van der Waals surface area contributed by atoms with E-state index in [1.165, 1.54) is 63.8 Å². The minimum Gasteiger partial charge on any atom is -0.261 e. The molecule has 0 aliphatic rings. The number of aryl methyl sites for hydroxylation is 2. The summed E-state index contributed by atoms with van der Waals surface area (Å²) in [6, 6.07) is 12.3. The first-order valence-corrected chi connectivity index (χ1v) is 14.2. The minimum atomic E-state index is 1.09. The van der Waals surface area contributed by atoms with E-state index >= 15 is 0 Å². The number of rotatable bonds is 16. The van der Waals surface area contributed by atoms with E-state index in [2.05, 4.69) is 81.3 Å². The summed E-state index contributed by atoms with van der Waals surface area (Å²) < 4.78 is 0. The second-order valence-corrected chi connectivity index (χ2v) is 10.8. The van der Waals surface area contributed by atoms with Crippen LogP contribution in [0.15, 0.2) is 48.8 Å². The van der Waals surface area contributed by atoms with Gasteiger partial charge in [-0.05, 0) is 66.5 Å². The molecule has 0 spiro atoms. The van der Waals surface area contributed by atoms with Crippen molar-refractivity contribution in [1.29, 1.82) is 0 Å². The molecular formula is C21H30N2S4. The first kappa shape index (κ1) is 23.0. The van der Waals surface area contributed by atoms with E-state index in [4.69, 9.17) is 0 Å². The molecule has 0 amide bonds. The molecule has 2 heterocycles. The Kier molecular flexibility index (Phi) is 14.2. The third-order valence-corrected chi connectivity index (χ3v) is 8.41. The molecule has 148 valence electrons. The average molecular weight is 439 g/mol. The highest BCUT2D eigenvalue weighted by Crippen LogP contribution is 2.13. The van der Waals surface area contributed by atoms with Gasteiger partial charge in [0.25, 0.3) is 0 Å². The lowest BCUT2D eigenvalue weighted by molar-refractivity contribution is 1.05. The maximum absolute atomic E-state index is 4.37. The zero-order valence-corrected chi connectivity index (χ0v) is 19.2. The highest BCUT2D eigenvalue weighted by atomic mass is 32.2. The Morgan fingerprint density at radius 1 is 0.519 bits per heavy atom. The maximum atomic E-state index is 4.37. The molecule has 0 unspecified atom stereocenters. The van der Waals surface area contributed by atoms with Crippen LogP contribution in [0.4, 0.5) is 0 Å². The van der Waals surface area contributed by atoms with Crippen molar-refractivity contribution in [2.75, 3.05) is 46.0 Å². The van der Waals surface area contributed by atoms with Gasteiger partial charge in [0.15, 0.2) is 0 Å². The van der Waals surface area contributed by atoms with Crippen LogP contribution in [0, 0.1) is 0 Å². The average Bonchev–Trinajstić information content (AvgIpc) is 2.72. The third kappa shape index (κ3) is 12.7. The summed E-state index contributed by atoms with van der Waals surface area (Å²) in [7, 11) is 0. The molecule has 2 rings (SSSR count). The van der Waals surface area contributed by atoms with Gasteiger partial charge < -0.3 is 0 Å². The van der Waals surface area contributed by atoms with Gasteiger partial charge in [0, 0.05) is 46.8 Å². The largest absolute Gasteiger partial charge is 0.261 e. The fraction of sp³-hybridized carbons (Fsp3) is 0.524. The van der Waals surface area contributed by atoms with Gasteiger partial charge in [-0.25, -0.2) is 0 Å². The Balaban J connectivity index is 1.26. The molecule has 0 atom stereocenters. The molecule has 0 saturated carbocycles. The van der Waals surface area contributed by atoms with Crippen LogP contribution in [0.5, 0.6) is 0 Å². The summed E-state index contributed by atoms with van der Waals surface area (Å²) in [5.41, 5.74) is 2.43. The van der Waals surface area contributed by atoms with Crippen molar-refractivity contribution in [3.05, 3.63) is 60.2 Å². The topological polar surface area (TPSA) is 25.8 Å². The van der Waals surface area contributed by atoms with E-state index in [1.54, 1.807) is 0 Å². The van der Waals surface area contributed by atoms with Crippen LogP contribution < -0.4 is 0 Å². The molecule has 0 aliphatic heterocycles. The molecule has 0 bridgehead atoms. The lowest BCUT2D eigenvalue weighted by Gasteiger charge is -2.04. The van der Waals surface area contributed by atoms with Gasteiger partial charge in [-0.1, -0.05) is 12.1 Å². The summed E-state index contributed by atoms with van der Waals surface area (Å²) in [6.45, 7) is 0. The van der Waals surface area contributed by atoms with Gasteiger partial charge >= 0.3 is 0 Å². The fourth-order valence-electron chi connectivity index (χ4n) is 2.35. The summed E-state index contributed by atoms with van der Waals surface area (Å²) in [6.07, 6.45) is 7.29. The first-order valence-electron chi connectivity index (χ1n) is 9.56. The number of nitrogens with zero attached hydrogens (tertiary/aromatic N) is 2. The maximum Gasteiger partial charge on any atom is 0.0411 e. The second kappa shape index (κ2) is 16.6. The van der Waals surface area contributed by atoms with Crippen molar-refractivity contribution >= 4 is 47.0 Å². The molecular weight excluding hydrogens is 409 g/mol. The molecule has 0 aliphatic carbocycles. The normalized spacial score (nSPS) is 11.0. The minimum absolute atomic E-state index is 1.09. The van der Waals surface area contributed by atoms with Crippen molar-refractivity contribution < 1.29 is 0 Å². The quantitative estimate of drug-likeness (QED) is 0.317. The van der Waals surface area contributed by atoms with Gasteiger partial charge in [0.2, 0.25) is 0 Å². The molecule has 0 radical (unpaired) electrons. The monoisotopic (exact) mass is 438 g/mol. The van der Waals surface area contributed by atoms with Crippen LogP contribution in [0.2, 0.25) is 0 Å². The molecule has 2 aromatic rings. The highest BCUT2D eigenvalue weighted by molar-refractivity contribution is 8.03. The summed E-state index contributed by atoms with van der Waals surface area (Å²) in [5.74, 6) is 10.1. The van der Waals surface area contributed by atoms with Crippen molar-refractivity contribution in [1.82, 2.24) is 9.97 Å². The molecule has 0 saturated heterocycles. The highest BCUT2D eigenvalue weighted by Gasteiger charge is 1.97. The first-order chi connectivity index (χ1) is 13.4. The Labute approximate surface area is 181 Å². The summed E-state index contributed by atoms with van der Waals surface area (Å²) in [4.78, 5) is 8.73. The summed E-state index contributed by atoms with van der Waals surface area (Å²) >= 11 is 8.32. The smallest absolute Gasteiger partial charge is 0.0411 e. The van der Waals surface area contributed by atoms with Crippen LogP contribution in [0.25, 0.3) is 0 Å². The Morgan fingerprint density at radius 3 is 1.37 bits per heavy atom. The van der Waals surface area contributed by atoms with E-state index in [-0.39, 0.29) is 0 Å². The van der Waals surface area contributed by atoms with Gasteiger partial charge in [0.05, 0.1) is 0 Å². The van der Waals surface area contributed by atoms with Gasteiger partial charge in [0.1, 0.15) is 0 Å². The second-order valence-electron chi connectivity index (χ2n) is 5.95. The molecule has 0 fully saturated rings. The fourth-order valence-corrected chi connectivity index (χ4v) is 6.64. The number of hydrogen-bond donors (Lipinski definition) is 0. The van der Waals surface area contributed by atoms with E-state index in [0.717, 1.165) is 12.8 Å². The Bertz CT molecular complexity index is 517. The van der Waals surface area contributed by atoms with Crippen LogP contribution in [-0.2, 0) is 12.8 Å². The number of pyridine rings is 2. The molecule has 2 aromatic heterocycles. The Hall–Kier alpha value is -0.300. The van der Waals surface area contributed by atoms with E-state index < -0.39 is 0 Å². The zero-order valence-electron chi connectivity index (χ0n) is 15.9. The lowest BCUT2D eigenvalue weighted by Crippen LogP contribution is -1.95. The standard InChI is InChI=1S/C21H30N2S4/c1-3-10-22-20(6-1)8-14-26-18-16-24-12-5-13-25-17-19-27-15-9-21-7-2-4-11-23-21/h1-4,6-7,10-11H,5,8-9,12-19H2. The van der Waals surface area contributed by atoms with Crippen molar-refractivity contribution in [2.24, 2.45) is 0 Å². The van der Waals surface area contributed by atoms with Crippen LogP contribution in [0.3, 0.4) is 0 Å². The predicted octanol–water partition coefficient (Wildman–Crippen LogP) is 5.58. The number of thioether (sulfide) groups is 4. The third-order valence-electron chi connectivity index (χ3n) is 3.78. The van der Waals surface area contributed by atoms with Crippen molar-refractivity contribution in [3.8, 4) is 0 Å². The van der Waals surface area contributed by atoms with Crippen molar-refractivity contribution in [3.63, 3.8) is 0 Å². The lowest BCUT2D eigenvalue weighted by atomic mass is 10.3. The van der Waals surface area contributed by atoms with Gasteiger partial charge in [-0.2, -0.15) is 47.0 Å².